The molecule has 0 saturated carbocycles. The van der Waals surface area contributed by atoms with E-state index in [-0.39, 0.29) is 0 Å². The topological polar surface area (TPSA) is 29.5 Å². The van der Waals surface area contributed by atoms with Crippen LogP contribution in [-0.4, -0.2) is 6.54 Å². The SMILES string of the molecule is CCN1/C(=C/C=C/C=C/C=C/c2oc3ccc(-c4ccccc4)cc3[n+]2CC)Oc2ccc(-c3ccccc3)cc21. The van der Waals surface area contributed by atoms with Crippen LogP contribution in [0.15, 0.2) is 144 Å². The molecule has 1 aliphatic rings. The van der Waals surface area contributed by atoms with Crippen molar-refractivity contribution >= 4 is 22.9 Å². The second-order valence-electron chi connectivity index (χ2n) is 9.76. The van der Waals surface area contributed by atoms with Crippen molar-refractivity contribution in [2.45, 2.75) is 20.4 Å². The van der Waals surface area contributed by atoms with E-state index in [4.69, 9.17) is 9.15 Å². The molecule has 0 N–H and O–H groups in total. The van der Waals surface area contributed by atoms with E-state index in [9.17, 15) is 0 Å². The predicted molar refractivity (Wildman–Crippen MR) is 168 cm³/mol. The predicted octanol–water partition coefficient (Wildman–Crippen LogP) is 8.96. The monoisotopic (exact) mass is 537 g/mol. The lowest BCUT2D eigenvalue weighted by atomic mass is 10.0. The minimum absolute atomic E-state index is 0.825. The second-order valence-corrected chi connectivity index (χ2v) is 9.76. The van der Waals surface area contributed by atoms with E-state index in [2.05, 4.69) is 108 Å². The molecule has 4 heteroatoms. The summed E-state index contributed by atoms with van der Waals surface area (Å²) in [5.74, 6) is 2.54. The fourth-order valence-corrected chi connectivity index (χ4v) is 5.19. The van der Waals surface area contributed by atoms with Gasteiger partial charge in [-0.2, -0.15) is 4.57 Å². The van der Waals surface area contributed by atoms with E-state index in [0.29, 0.717) is 0 Å². The van der Waals surface area contributed by atoms with Gasteiger partial charge in [-0.25, -0.2) is 0 Å². The quantitative estimate of drug-likeness (QED) is 0.146. The van der Waals surface area contributed by atoms with Crippen LogP contribution < -0.4 is 14.2 Å². The largest absolute Gasteiger partial charge is 0.439 e. The van der Waals surface area contributed by atoms with Gasteiger partial charge in [0.05, 0.1) is 11.8 Å². The maximum atomic E-state index is 6.16. The zero-order valence-electron chi connectivity index (χ0n) is 23.4. The molecule has 0 spiro atoms. The zero-order chi connectivity index (χ0) is 28.0. The number of nitrogens with zero attached hydrogens (tertiary/aromatic N) is 2. The lowest BCUT2D eigenvalue weighted by Crippen LogP contribution is -2.33. The van der Waals surface area contributed by atoms with Crippen molar-refractivity contribution in [3.05, 3.63) is 145 Å². The first-order valence-electron chi connectivity index (χ1n) is 14.1. The Morgan fingerprint density at radius 3 is 2.05 bits per heavy atom. The lowest BCUT2D eigenvalue weighted by Gasteiger charge is -2.15. The number of aromatic nitrogens is 1. The van der Waals surface area contributed by atoms with Gasteiger partial charge < -0.3 is 14.1 Å². The van der Waals surface area contributed by atoms with E-state index < -0.39 is 0 Å². The van der Waals surface area contributed by atoms with E-state index >= 15 is 0 Å². The molecule has 6 rings (SSSR count). The van der Waals surface area contributed by atoms with Gasteiger partial charge in [-0.15, -0.1) is 0 Å². The third-order valence-electron chi connectivity index (χ3n) is 7.23. The van der Waals surface area contributed by atoms with Crippen LogP contribution in [0.1, 0.15) is 19.7 Å². The molecule has 0 fully saturated rings. The van der Waals surface area contributed by atoms with Crippen molar-refractivity contribution in [3.63, 3.8) is 0 Å². The van der Waals surface area contributed by atoms with Crippen LogP contribution >= 0.6 is 0 Å². The number of fused-ring (bicyclic) bond motifs is 2. The van der Waals surface area contributed by atoms with Crippen LogP contribution in [0.4, 0.5) is 5.69 Å². The van der Waals surface area contributed by atoms with Crippen LogP contribution in [0.5, 0.6) is 5.75 Å². The summed E-state index contributed by atoms with van der Waals surface area (Å²) in [4.78, 5) is 2.20. The third kappa shape index (κ3) is 5.50. The van der Waals surface area contributed by atoms with Crippen LogP contribution in [0.25, 0.3) is 39.4 Å². The van der Waals surface area contributed by atoms with Gasteiger partial charge in [0.1, 0.15) is 6.54 Å². The van der Waals surface area contributed by atoms with E-state index in [1.54, 1.807) is 0 Å². The normalized spacial score (nSPS) is 14.2. The molecular weight excluding hydrogens is 504 g/mol. The highest BCUT2D eigenvalue weighted by atomic mass is 16.5. The molecule has 1 aliphatic heterocycles. The second kappa shape index (κ2) is 12.0. The summed E-state index contributed by atoms with van der Waals surface area (Å²) in [5, 5.41) is 0. The first kappa shape index (κ1) is 26.1. The van der Waals surface area contributed by atoms with Crippen LogP contribution in [0.2, 0.25) is 0 Å². The van der Waals surface area contributed by atoms with E-state index in [1.165, 1.54) is 22.3 Å². The van der Waals surface area contributed by atoms with Crippen molar-refractivity contribution < 1.29 is 13.7 Å². The van der Waals surface area contributed by atoms with Gasteiger partial charge in [0.2, 0.25) is 11.5 Å². The average molecular weight is 538 g/mol. The molecule has 0 amide bonds. The molecule has 4 nitrogen and oxygen atoms in total. The number of ether oxygens (including phenoxy) is 1. The lowest BCUT2D eigenvalue weighted by molar-refractivity contribution is -0.674. The highest BCUT2D eigenvalue weighted by molar-refractivity contribution is 5.79. The summed E-state index contributed by atoms with van der Waals surface area (Å²) in [6, 6.07) is 33.6. The molecule has 202 valence electrons. The van der Waals surface area contributed by atoms with Gasteiger partial charge in [-0.1, -0.05) is 103 Å². The first-order valence-corrected chi connectivity index (χ1v) is 14.1. The molecule has 0 saturated heterocycles. The third-order valence-corrected chi connectivity index (χ3v) is 7.23. The number of aryl methyl sites for hydroxylation is 1. The molecule has 1 aromatic heterocycles. The van der Waals surface area contributed by atoms with Crippen molar-refractivity contribution in [2.75, 3.05) is 11.4 Å². The van der Waals surface area contributed by atoms with Gasteiger partial charge in [0.25, 0.3) is 5.52 Å². The minimum Gasteiger partial charge on any atom is -0.439 e. The number of hydrogen-bond acceptors (Lipinski definition) is 3. The number of rotatable bonds is 8. The average Bonchev–Trinajstić information content (AvgIpc) is 3.57. The first-order chi connectivity index (χ1) is 20.2. The minimum atomic E-state index is 0.825. The van der Waals surface area contributed by atoms with E-state index in [1.807, 2.05) is 54.7 Å². The molecule has 0 atom stereocenters. The summed E-state index contributed by atoms with van der Waals surface area (Å²) in [6.07, 6.45) is 14.0. The van der Waals surface area contributed by atoms with Crippen LogP contribution in [-0.2, 0) is 6.54 Å². The van der Waals surface area contributed by atoms with Crippen LogP contribution in [0, 0.1) is 0 Å². The Balaban J connectivity index is 1.14. The van der Waals surface area contributed by atoms with Crippen molar-refractivity contribution in [2.24, 2.45) is 0 Å². The van der Waals surface area contributed by atoms with Crippen LogP contribution in [0.3, 0.4) is 0 Å². The maximum Gasteiger partial charge on any atom is 0.374 e. The van der Waals surface area contributed by atoms with Crippen molar-refractivity contribution in [3.8, 4) is 28.0 Å². The number of oxazole rings is 1. The van der Waals surface area contributed by atoms with Gasteiger partial charge in [0.15, 0.2) is 5.75 Å². The standard InChI is InChI=1S/C37H33N2O2/c1-3-38-32-26-30(28-16-10-8-11-17-28)22-24-34(32)40-36(38)20-14-6-5-7-15-21-37-39(4-2)33-27-31(23-25-35(33)41-37)29-18-12-9-13-19-29/h5-27H,3-4H2,1-2H3/q+1. The van der Waals surface area contributed by atoms with Gasteiger partial charge in [-0.05, 0) is 60.4 Å². The van der Waals surface area contributed by atoms with E-state index in [0.717, 1.165) is 47.4 Å². The maximum absolute atomic E-state index is 6.16. The smallest absolute Gasteiger partial charge is 0.374 e. The van der Waals surface area contributed by atoms with Crippen molar-refractivity contribution in [1.29, 1.82) is 0 Å². The van der Waals surface area contributed by atoms with Gasteiger partial charge in [0, 0.05) is 12.6 Å². The van der Waals surface area contributed by atoms with Gasteiger partial charge >= 0.3 is 5.89 Å². The van der Waals surface area contributed by atoms with Crippen molar-refractivity contribution in [1.82, 2.24) is 0 Å². The molecule has 0 unspecified atom stereocenters. The summed E-state index contributed by atoms with van der Waals surface area (Å²) in [5.41, 5.74) is 7.84. The molecule has 5 aromatic rings. The highest BCUT2D eigenvalue weighted by Gasteiger charge is 2.25. The number of allylic oxidation sites excluding steroid dienone is 6. The summed E-state index contributed by atoms with van der Waals surface area (Å²) in [6.45, 7) is 5.93. The highest BCUT2D eigenvalue weighted by Crippen LogP contribution is 2.41. The fourth-order valence-electron chi connectivity index (χ4n) is 5.19. The fraction of sp³-hybridized carbons (Fsp3) is 0.108. The Labute approximate surface area is 241 Å². The Kier molecular flexibility index (Phi) is 7.63. The molecule has 0 radical (unpaired) electrons. The Morgan fingerprint density at radius 2 is 1.34 bits per heavy atom. The number of benzene rings is 4. The summed E-state index contributed by atoms with van der Waals surface area (Å²) in [7, 11) is 0. The number of hydrogen-bond donors (Lipinski definition) is 0. The summed E-state index contributed by atoms with van der Waals surface area (Å²) >= 11 is 0. The molecule has 41 heavy (non-hydrogen) atoms. The summed E-state index contributed by atoms with van der Waals surface area (Å²) < 4.78 is 14.5. The molecule has 0 aliphatic carbocycles. The zero-order valence-corrected chi connectivity index (χ0v) is 23.4. The molecule has 4 aromatic carbocycles. The number of anilines is 1. The Morgan fingerprint density at radius 1 is 0.683 bits per heavy atom. The molecule has 0 bridgehead atoms. The van der Waals surface area contributed by atoms with Gasteiger partial charge in [-0.3, -0.25) is 0 Å². The molecule has 2 heterocycles. The molecular formula is C37H33N2O2+. The Bertz CT molecular complexity index is 1780. The Hall–Kier alpha value is -5.09.